The number of benzene rings is 1. The summed E-state index contributed by atoms with van der Waals surface area (Å²) in [5.41, 5.74) is 7.95. The van der Waals surface area contributed by atoms with E-state index in [1.807, 2.05) is 30.3 Å². The van der Waals surface area contributed by atoms with Gasteiger partial charge in [0.15, 0.2) is 0 Å². The number of nitrogens with two attached hydrogens (primary N) is 1. The van der Waals surface area contributed by atoms with Crippen LogP contribution in [0.15, 0.2) is 48.7 Å². The maximum absolute atomic E-state index is 11.0. The first kappa shape index (κ1) is 12.9. The van der Waals surface area contributed by atoms with Crippen molar-refractivity contribution in [1.29, 1.82) is 0 Å². The van der Waals surface area contributed by atoms with E-state index in [-0.39, 0.29) is 6.54 Å². The first-order valence-corrected chi connectivity index (χ1v) is 5.88. The number of aliphatic carboxylic acids is 1. The van der Waals surface area contributed by atoms with Crippen LogP contribution in [0.25, 0.3) is 0 Å². The van der Waals surface area contributed by atoms with Gasteiger partial charge in [-0.05, 0) is 24.3 Å². The molecule has 0 aliphatic carbocycles. The molecule has 2 aromatic rings. The number of hydrogen-bond donors (Lipinski definition) is 2. The molecule has 0 fully saturated rings. The quantitative estimate of drug-likeness (QED) is 0.798. The van der Waals surface area contributed by atoms with E-state index < -0.39 is 5.97 Å². The van der Waals surface area contributed by atoms with Gasteiger partial charge < -0.3 is 15.7 Å². The van der Waals surface area contributed by atoms with Gasteiger partial charge in [0, 0.05) is 6.20 Å². The molecule has 0 saturated heterocycles. The summed E-state index contributed by atoms with van der Waals surface area (Å²) < 4.78 is 0. The molecular formula is C14H15N3O2. The summed E-state index contributed by atoms with van der Waals surface area (Å²) >= 11 is 0. The van der Waals surface area contributed by atoms with Gasteiger partial charge in [-0.15, -0.1) is 0 Å². The smallest absolute Gasteiger partial charge is 0.323 e. The monoisotopic (exact) mass is 257 g/mol. The molecule has 2 rings (SSSR count). The average Bonchev–Trinajstić information content (AvgIpc) is 2.39. The van der Waals surface area contributed by atoms with Gasteiger partial charge in [0.1, 0.15) is 6.54 Å². The Labute approximate surface area is 111 Å². The fourth-order valence-electron chi connectivity index (χ4n) is 1.85. The molecule has 0 aliphatic heterocycles. The van der Waals surface area contributed by atoms with Crippen molar-refractivity contribution in [2.45, 2.75) is 6.54 Å². The van der Waals surface area contributed by atoms with Gasteiger partial charge in [0.2, 0.25) is 0 Å². The van der Waals surface area contributed by atoms with Crippen LogP contribution >= 0.6 is 0 Å². The van der Waals surface area contributed by atoms with Crippen LogP contribution in [0.3, 0.4) is 0 Å². The molecule has 0 aliphatic rings. The summed E-state index contributed by atoms with van der Waals surface area (Å²) in [7, 11) is 0. The van der Waals surface area contributed by atoms with E-state index in [1.165, 1.54) is 0 Å². The lowest BCUT2D eigenvalue weighted by molar-refractivity contribution is -0.135. The zero-order chi connectivity index (χ0) is 13.7. The second-order valence-corrected chi connectivity index (χ2v) is 4.13. The molecular weight excluding hydrogens is 242 g/mol. The molecule has 0 radical (unpaired) electrons. The third kappa shape index (κ3) is 3.45. The van der Waals surface area contributed by atoms with Crippen LogP contribution in [0, 0.1) is 0 Å². The van der Waals surface area contributed by atoms with Crippen LogP contribution in [0.5, 0.6) is 0 Å². The number of para-hydroxylation sites is 2. The molecule has 1 aromatic heterocycles. The number of carbonyl (C=O) groups is 1. The third-order valence-corrected chi connectivity index (χ3v) is 2.68. The molecule has 0 atom stereocenters. The molecule has 1 heterocycles. The number of nitrogen functional groups attached to an aromatic ring is 1. The molecule has 1 aromatic carbocycles. The van der Waals surface area contributed by atoms with Crippen LogP contribution in [-0.2, 0) is 11.3 Å². The van der Waals surface area contributed by atoms with Crippen LogP contribution in [0.1, 0.15) is 5.69 Å². The number of rotatable bonds is 5. The van der Waals surface area contributed by atoms with Crippen molar-refractivity contribution < 1.29 is 9.90 Å². The van der Waals surface area contributed by atoms with Crippen LogP contribution in [0.4, 0.5) is 11.4 Å². The predicted molar refractivity (Wildman–Crippen MR) is 73.8 cm³/mol. The molecule has 0 unspecified atom stereocenters. The summed E-state index contributed by atoms with van der Waals surface area (Å²) in [4.78, 5) is 16.9. The molecule has 0 saturated carbocycles. The number of pyridine rings is 1. The highest BCUT2D eigenvalue weighted by Crippen LogP contribution is 2.23. The Balaban J connectivity index is 2.26. The molecule has 0 amide bonds. The Morgan fingerprint density at radius 1 is 1.21 bits per heavy atom. The zero-order valence-electron chi connectivity index (χ0n) is 10.4. The van der Waals surface area contributed by atoms with Gasteiger partial charge in [-0.2, -0.15) is 0 Å². The largest absolute Gasteiger partial charge is 0.480 e. The summed E-state index contributed by atoms with van der Waals surface area (Å²) in [6.45, 7) is 0.284. The van der Waals surface area contributed by atoms with Crippen molar-refractivity contribution in [2.75, 3.05) is 17.2 Å². The zero-order valence-corrected chi connectivity index (χ0v) is 10.4. The molecule has 19 heavy (non-hydrogen) atoms. The lowest BCUT2D eigenvalue weighted by atomic mass is 10.2. The number of anilines is 2. The Kier molecular flexibility index (Phi) is 3.97. The fourth-order valence-corrected chi connectivity index (χ4v) is 1.85. The Bertz CT molecular complexity index is 558. The van der Waals surface area contributed by atoms with Crippen molar-refractivity contribution in [3.63, 3.8) is 0 Å². The lowest BCUT2D eigenvalue weighted by Gasteiger charge is -2.23. The second-order valence-electron chi connectivity index (χ2n) is 4.13. The molecule has 5 nitrogen and oxygen atoms in total. The van der Waals surface area contributed by atoms with Crippen molar-refractivity contribution in [3.05, 3.63) is 54.4 Å². The van der Waals surface area contributed by atoms with Crippen molar-refractivity contribution in [2.24, 2.45) is 0 Å². The number of hydrogen-bond acceptors (Lipinski definition) is 4. The van der Waals surface area contributed by atoms with Gasteiger partial charge in [-0.3, -0.25) is 9.78 Å². The van der Waals surface area contributed by atoms with E-state index in [0.29, 0.717) is 17.9 Å². The van der Waals surface area contributed by atoms with Gasteiger partial charge in [0.25, 0.3) is 0 Å². The van der Waals surface area contributed by atoms with Crippen molar-refractivity contribution in [1.82, 2.24) is 4.98 Å². The predicted octanol–water partition coefficient (Wildman–Crippen LogP) is 1.76. The Hall–Kier alpha value is -2.56. The average molecular weight is 257 g/mol. The van der Waals surface area contributed by atoms with Crippen LogP contribution in [0.2, 0.25) is 0 Å². The number of carboxylic acids is 1. The minimum absolute atomic E-state index is 0.120. The van der Waals surface area contributed by atoms with Gasteiger partial charge in [-0.1, -0.05) is 18.2 Å². The van der Waals surface area contributed by atoms with E-state index in [1.54, 1.807) is 23.2 Å². The van der Waals surface area contributed by atoms with E-state index in [4.69, 9.17) is 10.8 Å². The maximum Gasteiger partial charge on any atom is 0.323 e. The summed E-state index contributed by atoms with van der Waals surface area (Å²) in [5.74, 6) is -0.904. The molecule has 5 heteroatoms. The normalized spacial score (nSPS) is 10.1. The van der Waals surface area contributed by atoms with Crippen LogP contribution < -0.4 is 10.6 Å². The van der Waals surface area contributed by atoms with Gasteiger partial charge in [0.05, 0.1) is 23.6 Å². The van der Waals surface area contributed by atoms with Gasteiger partial charge >= 0.3 is 5.97 Å². The van der Waals surface area contributed by atoms with Crippen LogP contribution in [-0.4, -0.2) is 22.6 Å². The first-order chi connectivity index (χ1) is 9.16. The second kappa shape index (κ2) is 5.86. The van der Waals surface area contributed by atoms with E-state index in [9.17, 15) is 4.79 Å². The number of aromatic nitrogens is 1. The van der Waals surface area contributed by atoms with E-state index >= 15 is 0 Å². The number of carboxylic acid groups (broad SMARTS) is 1. The summed E-state index contributed by atoms with van der Waals surface area (Å²) in [5, 5.41) is 9.01. The van der Waals surface area contributed by atoms with E-state index in [2.05, 4.69) is 4.98 Å². The minimum atomic E-state index is -0.904. The third-order valence-electron chi connectivity index (χ3n) is 2.68. The SMILES string of the molecule is Nc1ccccc1N(CC(=O)O)Cc1ccccn1. The van der Waals surface area contributed by atoms with Gasteiger partial charge in [-0.25, -0.2) is 0 Å². The summed E-state index contributed by atoms with van der Waals surface area (Å²) in [6, 6.07) is 12.8. The fraction of sp³-hybridized carbons (Fsp3) is 0.143. The van der Waals surface area contributed by atoms with E-state index in [0.717, 1.165) is 5.69 Å². The molecule has 3 N–H and O–H groups in total. The highest BCUT2D eigenvalue weighted by molar-refractivity contribution is 5.77. The first-order valence-electron chi connectivity index (χ1n) is 5.88. The molecule has 0 spiro atoms. The Morgan fingerprint density at radius 3 is 2.58 bits per heavy atom. The topological polar surface area (TPSA) is 79.5 Å². The highest BCUT2D eigenvalue weighted by atomic mass is 16.4. The molecule has 98 valence electrons. The van der Waals surface area contributed by atoms with Crippen molar-refractivity contribution in [3.8, 4) is 0 Å². The molecule has 0 bridgehead atoms. The van der Waals surface area contributed by atoms with Crippen molar-refractivity contribution >= 4 is 17.3 Å². The maximum atomic E-state index is 11.0. The highest BCUT2D eigenvalue weighted by Gasteiger charge is 2.14. The minimum Gasteiger partial charge on any atom is -0.480 e. The lowest BCUT2D eigenvalue weighted by Crippen LogP contribution is -2.30. The summed E-state index contributed by atoms with van der Waals surface area (Å²) in [6.07, 6.45) is 1.68. The Morgan fingerprint density at radius 2 is 1.95 bits per heavy atom. The standard InChI is InChI=1S/C14H15N3O2/c15-12-6-1-2-7-13(12)17(10-14(18)19)9-11-5-3-4-8-16-11/h1-8H,9-10,15H2,(H,18,19). The number of nitrogens with zero attached hydrogens (tertiary/aromatic N) is 2.